The van der Waals surface area contributed by atoms with Crippen LogP contribution in [-0.4, -0.2) is 82.8 Å². The molecule has 2 saturated heterocycles. The first-order valence-electron chi connectivity index (χ1n) is 19.4. The molecular weight excluding hydrogens is 686 g/mol. The highest BCUT2D eigenvalue weighted by Gasteiger charge is 2.47. The van der Waals surface area contributed by atoms with Crippen LogP contribution >= 0.6 is 11.6 Å². The van der Waals surface area contributed by atoms with Crippen LogP contribution in [-0.2, 0) is 31.3 Å². The van der Waals surface area contributed by atoms with Crippen molar-refractivity contribution in [1.82, 2.24) is 9.62 Å². The first-order valence-corrected chi connectivity index (χ1v) is 21.4. The zero-order valence-corrected chi connectivity index (χ0v) is 31.7. The third-order valence-electron chi connectivity index (χ3n) is 13.4. The van der Waals surface area contributed by atoms with Gasteiger partial charge in [-0.3, -0.25) is 9.69 Å². The third-order valence-corrected chi connectivity index (χ3v) is 15.6. The minimum Gasteiger partial charge on any atom is -0.490 e. The number of nitrogens with zero attached hydrogens (tertiary/aromatic N) is 2. The molecular formula is C40H54ClN3O6S. The quantitative estimate of drug-likeness (QED) is 0.370. The van der Waals surface area contributed by atoms with Crippen molar-refractivity contribution in [1.29, 1.82) is 0 Å². The average molecular weight is 740 g/mol. The summed E-state index contributed by atoms with van der Waals surface area (Å²) in [5, 5.41) is 0.0401. The number of halogens is 1. The van der Waals surface area contributed by atoms with Gasteiger partial charge in [0.2, 0.25) is 10.0 Å². The maximum Gasteiger partial charge on any atom is 0.264 e. The summed E-state index contributed by atoms with van der Waals surface area (Å²) in [6.07, 6.45) is 10.1. The van der Waals surface area contributed by atoms with Crippen LogP contribution in [0.1, 0.15) is 93.1 Å². The predicted molar refractivity (Wildman–Crippen MR) is 199 cm³/mol. The predicted octanol–water partition coefficient (Wildman–Crippen LogP) is 6.56. The molecule has 11 heteroatoms. The number of carbonyl (C=O) groups is 1. The average Bonchev–Trinajstić information content (AvgIpc) is 3.61. The minimum absolute atomic E-state index is 0.117. The van der Waals surface area contributed by atoms with E-state index in [1.807, 2.05) is 25.1 Å². The van der Waals surface area contributed by atoms with E-state index in [1.165, 1.54) is 24.0 Å². The normalized spacial score (nSPS) is 35.9. The molecule has 0 unspecified atom stereocenters. The Labute approximate surface area is 308 Å². The molecule has 6 aliphatic rings. The number of sulfonamides is 1. The van der Waals surface area contributed by atoms with Gasteiger partial charge < -0.3 is 19.1 Å². The number of carbonyl (C=O) groups excluding carboxylic acids is 1. The van der Waals surface area contributed by atoms with E-state index in [4.69, 9.17) is 25.8 Å². The molecule has 6 atom stereocenters. The molecule has 2 bridgehead atoms. The van der Waals surface area contributed by atoms with Crippen molar-refractivity contribution in [2.75, 3.05) is 50.9 Å². The minimum atomic E-state index is -3.90. The second-order valence-corrected chi connectivity index (χ2v) is 18.9. The third kappa shape index (κ3) is 7.05. The maximum absolute atomic E-state index is 13.6. The van der Waals surface area contributed by atoms with Crippen molar-refractivity contribution in [2.24, 2.45) is 23.7 Å². The molecule has 4 aliphatic heterocycles. The van der Waals surface area contributed by atoms with Crippen molar-refractivity contribution < 1.29 is 27.4 Å². The summed E-state index contributed by atoms with van der Waals surface area (Å²) in [6, 6.07) is 12.0. The van der Waals surface area contributed by atoms with Gasteiger partial charge in [0.25, 0.3) is 5.91 Å². The number of hydrogen-bond acceptors (Lipinski definition) is 8. The van der Waals surface area contributed by atoms with Crippen LogP contribution in [0, 0.1) is 23.7 Å². The summed E-state index contributed by atoms with van der Waals surface area (Å²) in [4.78, 5) is 18.6. The Hall–Kier alpha value is -2.37. The molecule has 0 radical (unpaired) electrons. The van der Waals surface area contributed by atoms with Crippen LogP contribution in [0.25, 0.3) is 0 Å². The summed E-state index contributed by atoms with van der Waals surface area (Å²) < 4.78 is 49.4. The number of ether oxygens (including phenoxy) is 3. The highest BCUT2D eigenvalue weighted by molar-refractivity contribution is 7.90. The number of nitrogens with one attached hydrogen (secondary N) is 1. The number of hydrogen-bond donors (Lipinski definition) is 1. The number of aryl methyl sites for hydroxylation is 1. The second-order valence-electron chi connectivity index (χ2n) is 16.5. The van der Waals surface area contributed by atoms with Gasteiger partial charge in [-0.25, -0.2) is 13.1 Å². The smallest absolute Gasteiger partial charge is 0.264 e. The van der Waals surface area contributed by atoms with Gasteiger partial charge in [0.1, 0.15) is 5.75 Å². The summed E-state index contributed by atoms with van der Waals surface area (Å²) in [5.41, 5.74) is 3.52. The summed E-state index contributed by atoms with van der Waals surface area (Å²) in [6.45, 7) is 9.45. The lowest BCUT2D eigenvalue weighted by atomic mass is 9.64. The summed E-state index contributed by atoms with van der Waals surface area (Å²) in [5.74, 6) is 1.10. The van der Waals surface area contributed by atoms with E-state index in [1.54, 1.807) is 13.0 Å². The van der Waals surface area contributed by atoms with E-state index in [-0.39, 0.29) is 23.5 Å². The Bertz CT molecular complexity index is 1710. The van der Waals surface area contributed by atoms with Crippen LogP contribution in [0.15, 0.2) is 36.4 Å². The Morgan fingerprint density at radius 1 is 0.922 bits per heavy atom. The molecule has 51 heavy (non-hydrogen) atoms. The van der Waals surface area contributed by atoms with Crippen molar-refractivity contribution in [3.8, 4) is 5.75 Å². The first kappa shape index (κ1) is 35.6. The largest absolute Gasteiger partial charge is 0.490 e. The van der Waals surface area contributed by atoms with Crippen molar-refractivity contribution >= 4 is 33.2 Å². The van der Waals surface area contributed by atoms with Gasteiger partial charge >= 0.3 is 0 Å². The number of fused-ring (bicyclic) bond motifs is 4. The molecule has 3 fully saturated rings. The molecule has 1 saturated carbocycles. The lowest BCUT2D eigenvalue weighted by molar-refractivity contribution is -0.242. The number of likely N-dealkylation sites (tertiary alicyclic amines) is 1. The van der Waals surface area contributed by atoms with Crippen LogP contribution in [0.2, 0.25) is 5.02 Å². The van der Waals surface area contributed by atoms with Crippen molar-refractivity contribution in [2.45, 2.75) is 101 Å². The highest BCUT2D eigenvalue weighted by atomic mass is 35.5. The number of amides is 1. The van der Waals surface area contributed by atoms with Gasteiger partial charge in [0.05, 0.1) is 36.8 Å². The molecule has 278 valence electrons. The fraction of sp³-hybridized carbons (Fsp3) is 0.675. The molecule has 1 amide bonds. The zero-order chi connectivity index (χ0) is 35.3. The van der Waals surface area contributed by atoms with E-state index in [0.29, 0.717) is 43.3 Å². The molecule has 4 heterocycles. The number of anilines is 1. The fourth-order valence-corrected chi connectivity index (χ4v) is 11.6. The van der Waals surface area contributed by atoms with E-state index in [2.05, 4.69) is 26.7 Å². The highest BCUT2D eigenvalue weighted by Crippen LogP contribution is 2.49. The van der Waals surface area contributed by atoms with E-state index in [0.717, 1.165) is 94.0 Å². The fourth-order valence-electron chi connectivity index (χ4n) is 10.0. The molecule has 2 aromatic carbocycles. The SMILES string of the molecule is C[C@@H]1[C@@H](C)CCC[C@H]([C@H]2OC[C@H](N3CCCC3)CO2)[C@@H]2CC[C@H]2CN2C[C@@]3(CCCc4cc(Cl)ccc43)COc3ccc(cc32)C(=O)NS1(=O)=O. The monoisotopic (exact) mass is 739 g/mol. The topological polar surface area (TPSA) is 97.4 Å². The maximum atomic E-state index is 13.6. The Balaban J connectivity index is 1.14. The Morgan fingerprint density at radius 2 is 1.73 bits per heavy atom. The van der Waals surface area contributed by atoms with E-state index < -0.39 is 21.2 Å². The lowest BCUT2D eigenvalue weighted by Crippen LogP contribution is -2.52. The van der Waals surface area contributed by atoms with Crippen LogP contribution < -0.4 is 14.4 Å². The molecule has 1 spiro atoms. The van der Waals surface area contributed by atoms with Crippen LogP contribution in [0.5, 0.6) is 5.75 Å². The van der Waals surface area contributed by atoms with Gasteiger partial charge in [0, 0.05) is 35.0 Å². The molecule has 0 aromatic heterocycles. The van der Waals surface area contributed by atoms with Crippen molar-refractivity contribution in [3.63, 3.8) is 0 Å². The van der Waals surface area contributed by atoms with Gasteiger partial charge in [0.15, 0.2) is 6.29 Å². The standard InChI is InChI=1S/C40H54ClN3O6S/c1-26-7-5-9-34(39-48-22-32(23-49-39)43-17-3-4-18-43)33-13-10-30(33)21-44-24-40(16-6-8-28-19-31(41)12-14-35(28)40)25-50-37-15-11-29(20-36(37)44)38(45)42-51(46,47)27(26)2/h11-12,14-15,19-20,26-27,30,32-34,39H,3-10,13,16-18,21-25H2,1-2H3,(H,42,45)/t26-,27+,30-,32-,33+,34-,39-,40-/m0/s1. The second kappa shape index (κ2) is 14.5. The lowest BCUT2D eigenvalue weighted by Gasteiger charge is -2.49. The van der Waals surface area contributed by atoms with Crippen LogP contribution in [0.4, 0.5) is 5.69 Å². The Morgan fingerprint density at radius 3 is 2.49 bits per heavy atom. The Kier molecular flexibility index (Phi) is 10.1. The van der Waals surface area contributed by atoms with Crippen LogP contribution in [0.3, 0.4) is 0 Å². The van der Waals surface area contributed by atoms with Gasteiger partial charge in [-0.15, -0.1) is 0 Å². The molecule has 1 N–H and O–H groups in total. The van der Waals surface area contributed by atoms with E-state index >= 15 is 0 Å². The van der Waals surface area contributed by atoms with Gasteiger partial charge in [-0.1, -0.05) is 31.0 Å². The molecule has 2 aliphatic carbocycles. The number of benzene rings is 2. The van der Waals surface area contributed by atoms with Gasteiger partial charge in [-0.05, 0) is 137 Å². The summed E-state index contributed by atoms with van der Waals surface area (Å²) in [7, 11) is -3.90. The number of rotatable bonds is 2. The van der Waals surface area contributed by atoms with Crippen molar-refractivity contribution in [3.05, 3.63) is 58.1 Å². The molecule has 8 rings (SSSR count). The zero-order valence-electron chi connectivity index (χ0n) is 30.2. The molecule has 9 nitrogen and oxygen atoms in total. The van der Waals surface area contributed by atoms with Gasteiger partial charge in [-0.2, -0.15) is 0 Å². The van der Waals surface area contributed by atoms with E-state index in [9.17, 15) is 13.2 Å². The molecule has 2 aromatic rings. The first-order chi connectivity index (χ1) is 24.6. The summed E-state index contributed by atoms with van der Waals surface area (Å²) >= 11 is 6.49.